The highest BCUT2D eigenvalue weighted by Crippen LogP contribution is 2.36. The van der Waals surface area contributed by atoms with Gasteiger partial charge in [0.05, 0.1) is 0 Å². The van der Waals surface area contributed by atoms with Crippen molar-refractivity contribution in [3.8, 4) is 0 Å². The van der Waals surface area contributed by atoms with Gasteiger partial charge in [0.15, 0.2) is 0 Å². The Morgan fingerprint density at radius 2 is 2.05 bits per heavy atom. The van der Waals surface area contributed by atoms with Crippen LogP contribution in [0.15, 0.2) is 42.5 Å². The fraction of sp³-hybridized carbons (Fsp3) is 0.412. The van der Waals surface area contributed by atoms with Crippen LogP contribution >= 0.6 is 11.8 Å². The van der Waals surface area contributed by atoms with Gasteiger partial charge in [-0.05, 0) is 47.5 Å². The number of fused-ring (bicyclic) bond motifs is 1. The summed E-state index contributed by atoms with van der Waals surface area (Å²) in [6.45, 7) is 3.24. The second-order valence-corrected chi connectivity index (χ2v) is 6.54. The molecule has 1 saturated heterocycles. The van der Waals surface area contributed by atoms with E-state index in [1.54, 1.807) is 0 Å². The quantitative estimate of drug-likeness (QED) is 0.885. The summed E-state index contributed by atoms with van der Waals surface area (Å²) < 4.78 is 0. The Labute approximate surface area is 119 Å². The maximum atomic E-state index is 3.68. The molecule has 1 nitrogen and oxygen atoms in total. The first-order valence-corrected chi connectivity index (χ1v) is 8.27. The Morgan fingerprint density at radius 3 is 2.79 bits per heavy atom. The normalized spacial score (nSPS) is 20.8. The van der Waals surface area contributed by atoms with E-state index in [4.69, 9.17) is 0 Å². The molecule has 1 aliphatic heterocycles. The van der Waals surface area contributed by atoms with Crippen LogP contribution in [-0.4, -0.2) is 17.5 Å². The first kappa shape index (κ1) is 13.0. The Kier molecular flexibility index (Phi) is 4.09. The van der Waals surface area contributed by atoms with Crippen LogP contribution in [0.4, 0.5) is 0 Å². The molecule has 2 aromatic carbocycles. The number of benzene rings is 2. The highest BCUT2D eigenvalue weighted by atomic mass is 32.2. The second kappa shape index (κ2) is 5.98. The second-order valence-electron chi connectivity index (χ2n) is 5.19. The van der Waals surface area contributed by atoms with Crippen molar-refractivity contribution in [2.75, 3.05) is 12.3 Å². The van der Waals surface area contributed by atoms with Crippen molar-refractivity contribution in [1.82, 2.24) is 5.32 Å². The van der Waals surface area contributed by atoms with Gasteiger partial charge in [0, 0.05) is 11.3 Å². The van der Waals surface area contributed by atoms with Crippen LogP contribution in [0.2, 0.25) is 0 Å². The largest absolute Gasteiger partial charge is 0.309 e. The van der Waals surface area contributed by atoms with Gasteiger partial charge in [-0.2, -0.15) is 11.8 Å². The fourth-order valence-corrected chi connectivity index (χ4v) is 4.37. The Bertz CT molecular complexity index is 546. The van der Waals surface area contributed by atoms with Gasteiger partial charge in [0.25, 0.3) is 0 Å². The van der Waals surface area contributed by atoms with Crippen LogP contribution < -0.4 is 5.32 Å². The summed E-state index contributed by atoms with van der Waals surface area (Å²) in [4.78, 5) is 0. The molecule has 0 aromatic heterocycles. The Hall–Kier alpha value is -0.990. The van der Waals surface area contributed by atoms with Crippen molar-refractivity contribution in [1.29, 1.82) is 0 Å². The summed E-state index contributed by atoms with van der Waals surface area (Å²) in [5.41, 5.74) is 1.44. The Morgan fingerprint density at radius 1 is 1.21 bits per heavy atom. The lowest BCUT2D eigenvalue weighted by Crippen LogP contribution is -2.28. The first-order valence-electron chi connectivity index (χ1n) is 7.22. The molecule has 0 aliphatic carbocycles. The zero-order valence-electron chi connectivity index (χ0n) is 11.4. The molecule has 2 aromatic rings. The van der Waals surface area contributed by atoms with Gasteiger partial charge in [-0.3, -0.25) is 0 Å². The standard InChI is InChI=1S/C17H21NS/c1-2-18-17(16-8-5-11-19-16)15-10-9-13-6-3-4-7-14(13)12-15/h3-4,6-7,9-10,12,16-18H,2,5,8,11H2,1H3. The van der Waals surface area contributed by atoms with E-state index in [0.29, 0.717) is 6.04 Å². The van der Waals surface area contributed by atoms with E-state index >= 15 is 0 Å². The zero-order valence-corrected chi connectivity index (χ0v) is 12.2. The number of nitrogens with one attached hydrogen (secondary N) is 1. The van der Waals surface area contributed by atoms with Crippen LogP contribution in [0.25, 0.3) is 10.8 Å². The van der Waals surface area contributed by atoms with E-state index in [9.17, 15) is 0 Å². The van der Waals surface area contributed by atoms with E-state index in [-0.39, 0.29) is 0 Å². The van der Waals surface area contributed by atoms with Gasteiger partial charge < -0.3 is 5.32 Å². The highest BCUT2D eigenvalue weighted by molar-refractivity contribution is 8.00. The van der Waals surface area contributed by atoms with Gasteiger partial charge in [0.1, 0.15) is 0 Å². The van der Waals surface area contributed by atoms with E-state index in [0.717, 1.165) is 11.8 Å². The predicted molar refractivity (Wildman–Crippen MR) is 85.8 cm³/mol. The minimum Gasteiger partial charge on any atom is -0.309 e. The van der Waals surface area contributed by atoms with Crippen molar-refractivity contribution in [2.24, 2.45) is 0 Å². The third-order valence-corrected chi connectivity index (χ3v) is 5.35. The van der Waals surface area contributed by atoms with Crippen LogP contribution in [-0.2, 0) is 0 Å². The molecule has 0 spiro atoms. The van der Waals surface area contributed by atoms with Gasteiger partial charge in [-0.25, -0.2) is 0 Å². The molecule has 1 aliphatic rings. The molecule has 19 heavy (non-hydrogen) atoms. The summed E-state index contributed by atoms with van der Waals surface area (Å²) in [7, 11) is 0. The van der Waals surface area contributed by atoms with Crippen LogP contribution in [0.5, 0.6) is 0 Å². The fourth-order valence-electron chi connectivity index (χ4n) is 2.95. The van der Waals surface area contributed by atoms with Crippen LogP contribution in [0, 0.1) is 0 Å². The third-order valence-electron chi connectivity index (χ3n) is 3.89. The SMILES string of the molecule is CCNC(c1ccc2ccccc2c1)C1CCCS1. The smallest absolute Gasteiger partial charge is 0.0440 e. The van der Waals surface area contributed by atoms with E-state index in [1.807, 2.05) is 0 Å². The average Bonchev–Trinajstić information content (AvgIpc) is 2.98. The van der Waals surface area contributed by atoms with Crippen LogP contribution in [0.1, 0.15) is 31.4 Å². The van der Waals surface area contributed by atoms with Crippen molar-refractivity contribution < 1.29 is 0 Å². The average molecular weight is 271 g/mol. The van der Waals surface area contributed by atoms with Crippen molar-refractivity contribution in [2.45, 2.75) is 31.1 Å². The highest BCUT2D eigenvalue weighted by Gasteiger charge is 2.26. The van der Waals surface area contributed by atoms with Gasteiger partial charge >= 0.3 is 0 Å². The molecule has 0 amide bonds. The summed E-state index contributed by atoms with van der Waals surface area (Å²) in [5, 5.41) is 7.11. The third kappa shape index (κ3) is 2.80. The lowest BCUT2D eigenvalue weighted by Gasteiger charge is -2.24. The first-order chi connectivity index (χ1) is 9.38. The molecule has 100 valence electrons. The van der Waals surface area contributed by atoms with Crippen molar-refractivity contribution >= 4 is 22.5 Å². The summed E-state index contributed by atoms with van der Waals surface area (Å²) in [6, 6.07) is 16.1. The molecule has 2 atom stereocenters. The molecule has 1 heterocycles. The minimum absolute atomic E-state index is 0.502. The van der Waals surface area contributed by atoms with Gasteiger partial charge in [-0.1, -0.05) is 43.3 Å². The number of rotatable bonds is 4. The van der Waals surface area contributed by atoms with E-state index in [2.05, 4.69) is 66.5 Å². The van der Waals surface area contributed by atoms with Crippen LogP contribution in [0.3, 0.4) is 0 Å². The van der Waals surface area contributed by atoms with Crippen molar-refractivity contribution in [3.05, 3.63) is 48.0 Å². The molecule has 1 N–H and O–H groups in total. The summed E-state index contributed by atoms with van der Waals surface area (Å²) >= 11 is 2.13. The number of hydrogen-bond donors (Lipinski definition) is 1. The molecule has 3 rings (SSSR count). The topological polar surface area (TPSA) is 12.0 Å². The maximum absolute atomic E-state index is 3.68. The number of thioether (sulfide) groups is 1. The molecule has 0 bridgehead atoms. The Balaban J connectivity index is 1.94. The summed E-state index contributed by atoms with van der Waals surface area (Å²) in [6.07, 6.45) is 2.71. The molecule has 0 radical (unpaired) electrons. The van der Waals surface area contributed by atoms with E-state index in [1.165, 1.54) is 34.9 Å². The van der Waals surface area contributed by atoms with Gasteiger partial charge in [0.2, 0.25) is 0 Å². The molecule has 1 fully saturated rings. The predicted octanol–water partition coefficient (Wildman–Crippen LogP) is 4.39. The maximum Gasteiger partial charge on any atom is 0.0440 e. The zero-order chi connectivity index (χ0) is 13.1. The lowest BCUT2D eigenvalue weighted by molar-refractivity contribution is 0.519. The molecule has 2 unspecified atom stereocenters. The monoisotopic (exact) mass is 271 g/mol. The van der Waals surface area contributed by atoms with Crippen molar-refractivity contribution in [3.63, 3.8) is 0 Å². The molecular formula is C17H21NS. The minimum atomic E-state index is 0.502. The molecular weight excluding hydrogens is 250 g/mol. The lowest BCUT2D eigenvalue weighted by atomic mass is 9.98. The summed E-state index contributed by atoms with van der Waals surface area (Å²) in [5.74, 6) is 1.32. The number of hydrogen-bond acceptors (Lipinski definition) is 2. The van der Waals surface area contributed by atoms with Gasteiger partial charge in [-0.15, -0.1) is 0 Å². The molecule has 0 saturated carbocycles. The molecule has 2 heteroatoms. The van der Waals surface area contributed by atoms with E-state index < -0.39 is 0 Å².